The van der Waals surface area contributed by atoms with Crippen molar-refractivity contribution in [2.24, 2.45) is 0 Å². The van der Waals surface area contributed by atoms with Gasteiger partial charge in [-0.1, -0.05) is 18.2 Å². The summed E-state index contributed by atoms with van der Waals surface area (Å²) in [5.74, 6) is -0.320. The summed E-state index contributed by atoms with van der Waals surface area (Å²) in [5.41, 5.74) is 8.81. The maximum atomic E-state index is 13.2. The zero-order valence-corrected chi connectivity index (χ0v) is 11.0. The second kappa shape index (κ2) is 4.96. The standard InChI is InChI=1S/C16H15FN2O/c17-13-3-1-2-11(8-13)10-19-7-6-12-4-5-14(18)9-15(12)16(19)20/h1-5,8-9H,6-7,10,18H2. The molecular weight excluding hydrogens is 255 g/mol. The number of nitrogens with zero attached hydrogens (tertiary/aromatic N) is 1. The zero-order chi connectivity index (χ0) is 14.1. The Labute approximate surface area is 116 Å². The van der Waals surface area contributed by atoms with Crippen LogP contribution in [0, 0.1) is 5.82 Å². The molecule has 1 aliphatic rings. The molecule has 0 atom stereocenters. The molecule has 1 amide bonds. The van der Waals surface area contributed by atoms with Gasteiger partial charge < -0.3 is 10.6 Å². The number of hydrogen-bond acceptors (Lipinski definition) is 2. The van der Waals surface area contributed by atoms with Crippen molar-refractivity contribution in [3.63, 3.8) is 0 Å². The molecule has 0 spiro atoms. The molecule has 0 aromatic heterocycles. The van der Waals surface area contributed by atoms with Gasteiger partial charge in [0.05, 0.1) is 0 Å². The van der Waals surface area contributed by atoms with Gasteiger partial charge in [0.15, 0.2) is 0 Å². The Bertz CT molecular complexity index is 669. The van der Waals surface area contributed by atoms with Crippen LogP contribution in [0.2, 0.25) is 0 Å². The molecule has 1 aliphatic heterocycles. The van der Waals surface area contributed by atoms with Crippen LogP contribution in [0.15, 0.2) is 42.5 Å². The van der Waals surface area contributed by atoms with Crippen LogP contribution >= 0.6 is 0 Å². The van der Waals surface area contributed by atoms with E-state index in [4.69, 9.17) is 5.73 Å². The first-order valence-corrected chi connectivity index (χ1v) is 6.55. The van der Waals surface area contributed by atoms with Gasteiger partial charge in [-0.25, -0.2) is 4.39 Å². The molecule has 2 aromatic rings. The maximum absolute atomic E-state index is 13.2. The molecule has 4 heteroatoms. The van der Waals surface area contributed by atoms with Crippen molar-refractivity contribution >= 4 is 11.6 Å². The highest BCUT2D eigenvalue weighted by molar-refractivity contribution is 5.97. The molecule has 0 saturated heterocycles. The number of halogens is 1. The van der Waals surface area contributed by atoms with Gasteiger partial charge in [-0.05, 0) is 41.8 Å². The smallest absolute Gasteiger partial charge is 0.254 e. The van der Waals surface area contributed by atoms with Crippen molar-refractivity contribution in [3.8, 4) is 0 Å². The topological polar surface area (TPSA) is 46.3 Å². The number of carbonyl (C=O) groups excluding carboxylic acids is 1. The van der Waals surface area contributed by atoms with Crippen LogP contribution < -0.4 is 5.73 Å². The van der Waals surface area contributed by atoms with Crippen LogP contribution in [-0.2, 0) is 13.0 Å². The van der Waals surface area contributed by atoms with Crippen LogP contribution in [0.5, 0.6) is 0 Å². The van der Waals surface area contributed by atoms with Crippen LogP contribution in [0.3, 0.4) is 0 Å². The van der Waals surface area contributed by atoms with Gasteiger partial charge >= 0.3 is 0 Å². The van der Waals surface area contributed by atoms with E-state index in [1.807, 2.05) is 18.2 Å². The van der Waals surface area contributed by atoms with Gasteiger partial charge in [0.2, 0.25) is 0 Å². The quantitative estimate of drug-likeness (QED) is 0.853. The van der Waals surface area contributed by atoms with Crippen molar-refractivity contribution < 1.29 is 9.18 Å². The van der Waals surface area contributed by atoms with Crippen LogP contribution in [-0.4, -0.2) is 17.4 Å². The summed E-state index contributed by atoms with van der Waals surface area (Å²) in [6.07, 6.45) is 0.802. The summed E-state index contributed by atoms with van der Waals surface area (Å²) in [6.45, 7) is 1.07. The van der Waals surface area contributed by atoms with E-state index < -0.39 is 0 Å². The Morgan fingerprint density at radius 1 is 1.20 bits per heavy atom. The molecule has 0 aliphatic carbocycles. The fourth-order valence-corrected chi connectivity index (χ4v) is 2.55. The zero-order valence-electron chi connectivity index (χ0n) is 11.0. The Morgan fingerprint density at radius 2 is 2.05 bits per heavy atom. The van der Waals surface area contributed by atoms with E-state index in [0.717, 1.165) is 17.5 Å². The fraction of sp³-hybridized carbons (Fsp3) is 0.188. The first-order chi connectivity index (χ1) is 9.63. The van der Waals surface area contributed by atoms with Crippen molar-refractivity contribution in [2.75, 3.05) is 12.3 Å². The SMILES string of the molecule is Nc1ccc2c(c1)C(=O)N(Cc1cccc(F)c1)CC2. The summed E-state index contributed by atoms with van der Waals surface area (Å²) in [5, 5.41) is 0. The molecular formula is C16H15FN2O. The summed E-state index contributed by atoms with van der Waals surface area (Å²) < 4.78 is 13.2. The third-order valence-corrected chi connectivity index (χ3v) is 3.57. The summed E-state index contributed by atoms with van der Waals surface area (Å²) in [6, 6.07) is 11.8. The van der Waals surface area contributed by atoms with Crippen molar-refractivity contribution in [1.29, 1.82) is 0 Å². The number of carbonyl (C=O) groups is 1. The van der Waals surface area contributed by atoms with Gasteiger partial charge in [0, 0.05) is 24.3 Å². The predicted octanol–water partition coefficient (Wildman–Crippen LogP) is 2.61. The lowest BCUT2D eigenvalue weighted by atomic mass is 9.98. The Morgan fingerprint density at radius 3 is 2.85 bits per heavy atom. The van der Waals surface area contributed by atoms with Gasteiger partial charge in [0.1, 0.15) is 5.82 Å². The predicted molar refractivity (Wildman–Crippen MR) is 75.7 cm³/mol. The molecule has 3 rings (SSSR count). The number of fused-ring (bicyclic) bond motifs is 1. The maximum Gasteiger partial charge on any atom is 0.254 e. The molecule has 0 unspecified atom stereocenters. The average Bonchev–Trinajstić information content (AvgIpc) is 2.43. The minimum Gasteiger partial charge on any atom is -0.399 e. The lowest BCUT2D eigenvalue weighted by Gasteiger charge is -2.28. The number of rotatable bonds is 2. The first kappa shape index (κ1) is 12.7. The van der Waals surface area contributed by atoms with E-state index in [2.05, 4.69) is 0 Å². The minimum atomic E-state index is -0.281. The average molecular weight is 270 g/mol. The van der Waals surface area contributed by atoms with E-state index in [-0.39, 0.29) is 11.7 Å². The van der Waals surface area contributed by atoms with E-state index in [0.29, 0.717) is 24.3 Å². The summed E-state index contributed by atoms with van der Waals surface area (Å²) >= 11 is 0. The highest BCUT2D eigenvalue weighted by Gasteiger charge is 2.24. The van der Waals surface area contributed by atoms with Gasteiger partial charge in [-0.2, -0.15) is 0 Å². The molecule has 0 radical (unpaired) electrons. The lowest BCUT2D eigenvalue weighted by Crippen LogP contribution is -2.37. The third-order valence-electron chi connectivity index (χ3n) is 3.57. The number of hydrogen-bond donors (Lipinski definition) is 1. The van der Waals surface area contributed by atoms with E-state index in [1.165, 1.54) is 12.1 Å². The van der Waals surface area contributed by atoms with Crippen molar-refractivity contribution in [2.45, 2.75) is 13.0 Å². The number of amides is 1. The molecule has 0 saturated carbocycles. The van der Waals surface area contributed by atoms with Crippen molar-refractivity contribution in [3.05, 3.63) is 65.0 Å². The highest BCUT2D eigenvalue weighted by Crippen LogP contribution is 2.22. The fourth-order valence-electron chi connectivity index (χ4n) is 2.55. The molecule has 0 fully saturated rings. The van der Waals surface area contributed by atoms with E-state index in [1.54, 1.807) is 17.0 Å². The van der Waals surface area contributed by atoms with Gasteiger partial charge in [-0.3, -0.25) is 4.79 Å². The van der Waals surface area contributed by atoms with Crippen molar-refractivity contribution in [1.82, 2.24) is 4.90 Å². The Balaban J connectivity index is 1.85. The lowest BCUT2D eigenvalue weighted by molar-refractivity contribution is 0.0727. The van der Waals surface area contributed by atoms with Crippen LogP contribution in [0.4, 0.5) is 10.1 Å². The molecule has 20 heavy (non-hydrogen) atoms. The summed E-state index contributed by atoms with van der Waals surface area (Å²) in [7, 11) is 0. The van der Waals surface area contributed by atoms with Gasteiger partial charge in [-0.15, -0.1) is 0 Å². The van der Waals surface area contributed by atoms with Gasteiger partial charge in [0.25, 0.3) is 5.91 Å². The van der Waals surface area contributed by atoms with E-state index >= 15 is 0 Å². The second-order valence-electron chi connectivity index (χ2n) is 5.02. The Kier molecular flexibility index (Phi) is 3.14. The molecule has 102 valence electrons. The Hall–Kier alpha value is -2.36. The highest BCUT2D eigenvalue weighted by atomic mass is 19.1. The number of benzene rings is 2. The first-order valence-electron chi connectivity index (χ1n) is 6.55. The largest absolute Gasteiger partial charge is 0.399 e. The molecule has 2 aromatic carbocycles. The number of nitrogen functional groups attached to an aromatic ring is 1. The molecule has 1 heterocycles. The molecule has 3 nitrogen and oxygen atoms in total. The monoisotopic (exact) mass is 270 g/mol. The molecule has 0 bridgehead atoms. The molecule has 2 N–H and O–H groups in total. The minimum absolute atomic E-state index is 0.0391. The van der Waals surface area contributed by atoms with Crippen LogP contribution in [0.25, 0.3) is 0 Å². The normalized spacial score (nSPS) is 14.2. The second-order valence-corrected chi connectivity index (χ2v) is 5.02. The number of anilines is 1. The third kappa shape index (κ3) is 2.37. The summed E-state index contributed by atoms with van der Waals surface area (Å²) in [4.78, 5) is 14.2. The number of nitrogens with two attached hydrogens (primary N) is 1. The van der Waals surface area contributed by atoms with Crippen LogP contribution in [0.1, 0.15) is 21.5 Å². The van der Waals surface area contributed by atoms with E-state index in [9.17, 15) is 9.18 Å².